The van der Waals surface area contributed by atoms with Crippen LogP contribution in [0.1, 0.15) is 5.56 Å². The number of hydrogen-bond acceptors (Lipinski definition) is 3. The van der Waals surface area contributed by atoms with Gasteiger partial charge in [-0.2, -0.15) is 4.72 Å². The van der Waals surface area contributed by atoms with E-state index in [1.807, 2.05) is 0 Å². The molecule has 0 spiro atoms. The number of carboxylic acids is 1. The molecule has 0 aliphatic rings. The van der Waals surface area contributed by atoms with Gasteiger partial charge in [0.1, 0.15) is 6.04 Å². The maximum absolute atomic E-state index is 12.3. The smallest absolute Gasteiger partial charge is 0.322 e. The summed E-state index contributed by atoms with van der Waals surface area (Å²) in [5.41, 5.74) is 0.726. The van der Waals surface area contributed by atoms with Gasteiger partial charge in [0.25, 0.3) is 0 Å². The fraction of sp³-hybridized carbons (Fsp3) is 0.133. The first kappa shape index (κ1) is 16.5. The van der Waals surface area contributed by atoms with Crippen LogP contribution >= 0.6 is 11.6 Å². The van der Waals surface area contributed by atoms with Crippen LogP contribution in [0, 0.1) is 0 Å². The number of hydrogen-bond donors (Lipinski definition) is 2. The van der Waals surface area contributed by atoms with Crippen molar-refractivity contribution in [3.8, 4) is 0 Å². The molecular weight excluding hydrogens is 326 g/mol. The summed E-state index contributed by atoms with van der Waals surface area (Å²) in [5.74, 6) is -1.24. The number of halogens is 1. The minimum absolute atomic E-state index is 0.0516. The van der Waals surface area contributed by atoms with Crippen molar-refractivity contribution in [2.75, 3.05) is 0 Å². The quantitative estimate of drug-likeness (QED) is 0.846. The molecule has 2 rings (SSSR count). The molecule has 0 radical (unpaired) electrons. The van der Waals surface area contributed by atoms with E-state index in [1.54, 1.807) is 36.4 Å². The Morgan fingerprint density at radius 3 is 2.41 bits per heavy atom. The third-order valence-corrected chi connectivity index (χ3v) is 4.69. The van der Waals surface area contributed by atoms with Crippen LogP contribution in [0.25, 0.3) is 0 Å². The van der Waals surface area contributed by atoms with Gasteiger partial charge in [-0.15, -0.1) is 0 Å². The third-order valence-electron chi connectivity index (χ3n) is 2.98. The van der Waals surface area contributed by atoms with Gasteiger partial charge in [0, 0.05) is 5.02 Å². The molecule has 22 heavy (non-hydrogen) atoms. The van der Waals surface area contributed by atoms with Crippen LogP contribution in [0.5, 0.6) is 0 Å². The van der Waals surface area contributed by atoms with E-state index in [-0.39, 0.29) is 16.3 Å². The topological polar surface area (TPSA) is 83.5 Å². The first-order chi connectivity index (χ1) is 10.4. The van der Waals surface area contributed by atoms with E-state index < -0.39 is 22.0 Å². The number of nitrogens with one attached hydrogen (secondary N) is 1. The molecule has 7 heteroatoms. The number of benzene rings is 2. The minimum atomic E-state index is -3.96. The largest absolute Gasteiger partial charge is 0.480 e. The van der Waals surface area contributed by atoms with Crippen molar-refractivity contribution < 1.29 is 18.3 Å². The van der Waals surface area contributed by atoms with Crippen LogP contribution in [0.3, 0.4) is 0 Å². The van der Waals surface area contributed by atoms with Gasteiger partial charge in [-0.3, -0.25) is 4.79 Å². The van der Waals surface area contributed by atoms with E-state index in [9.17, 15) is 18.3 Å². The molecule has 0 bridgehead atoms. The van der Waals surface area contributed by atoms with Gasteiger partial charge in [0.05, 0.1) is 4.90 Å². The molecule has 116 valence electrons. The van der Waals surface area contributed by atoms with Gasteiger partial charge in [0.15, 0.2) is 0 Å². The summed E-state index contributed by atoms with van der Waals surface area (Å²) in [7, 11) is -3.96. The monoisotopic (exact) mass is 339 g/mol. The summed E-state index contributed by atoms with van der Waals surface area (Å²) < 4.78 is 26.7. The van der Waals surface area contributed by atoms with Crippen LogP contribution in [0.15, 0.2) is 59.5 Å². The predicted octanol–water partition coefficient (Wildman–Crippen LogP) is 2.31. The number of aliphatic carboxylic acids is 1. The highest BCUT2D eigenvalue weighted by molar-refractivity contribution is 7.89. The van der Waals surface area contributed by atoms with Crippen molar-refractivity contribution in [3.63, 3.8) is 0 Å². The standard InChI is InChI=1S/C15H14ClNO4S/c16-12-7-4-8-13(10-12)22(20,21)17-14(15(18)19)9-11-5-2-1-3-6-11/h1-8,10,14,17H,9H2,(H,18,19). The molecule has 1 unspecified atom stereocenters. The molecule has 0 aliphatic carbocycles. The van der Waals surface area contributed by atoms with Crippen LogP contribution in [0.2, 0.25) is 5.02 Å². The highest BCUT2D eigenvalue weighted by Crippen LogP contribution is 2.16. The molecule has 0 amide bonds. The van der Waals surface area contributed by atoms with Gasteiger partial charge in [0.2, 0.25) is 10.0 Å². The molecule has 2 aromatic rings. The first-order valence-corrected chi connectivity index (χ1v) is 8.29. The fourth-order valence-corrected chi connectivity index (χ4v) is 3.41. The first-order valence-electron chi connectivity index (χ1n) is 6.43. The van der Waals surface area contributed by atoms with E-state index in [0.29, 0.717) is 0 Å². The summed E-state index contributed by atoms with van der Waals surface area (Å²) in [5, 5.41) is 9.51. The van der Waals surface area contributed by atoms with Crippen LogP contribution in [-0.4, -0.2) is 25.5 Å². The lowest BCUT2D eigenvalue weighted by atomic mass is 10.1. The molecule has 0 saturated carbocycles. The fourth-order valence-electron chi connectivity index (χ4n) is 1.92. The molecule has 0 fully saturated rings. The van der Waals surface area contributed by atoms with Gasteiger partial charge in [-0.05, 0) is 30.2 Å². The van der Waals surface area contributed by atoms with Crippen molar-refractivity contribution in [3.05, 3.63) is 65.2 Å². The SMILES string of the molecule is O=C(O)C(Cc1ccccc1)NS(=O)(=O)c1cccc(Cl)c1. The van der Waals surface area contributed by atoms with Crippen LogP contribution in [0.4, 0.5) is 0 Å². The molecule has 0 aliphatic heterocycles. The zero-order valence-electron chi connectivity index (χ0n) is 11.4. The highest BCUT2D eigenvalue weighted by atomic mass is 35.5. The second kappa shape index (κ2) is 6.91. The van der Waals surface area contributed by atoms with Crippen molar-refractivity contribution in [1.82, 2.24) is 4.72 Å². The summed E-state index contributed by atoms with van der Waals surface area (Å²) in [6.07, 6.45) is 0.0516. The minimum Gasteiger partial charge on any atom is -0.480 e. The Balaban J connectivity index is 2.22. The van der Waals surface area contributed by atoms with Gasteiger partial charge < -0.3 is 5.11 Å². The van der Waals surface area contributed by atoms with E-state index in [4.69, 9.17) is 11.6 Å². The van der Waals surface area contributed by atoms with E-state index in [2.05, 4.69) is 4.72 Å². The molecule has 0 saturated heterocycles. The Kier molecular flexibility index (Phi) is 5.18. The van der Waals surface area contributed by atoms with E-state index in [0.717, 1.165) is 5.56 Å². The zero-order valence-corrected chi connectivity index (χ0v) is 13.0. The molecular formula is C15H14ClNO4S. The zero-order chi connectivity index (χ0) is 16.2. The van der Waals surface area contributed by atoms with Crippen molar-refractivity contribution >= 4 is 27.6 Å². The Hall–Kier alpha value is -1.89. The lowest BCUT2D eigenvalue weighted by molar-refractivity contribution is -0.138. The number of carboxylic acid groups (broad SMARTS) is 1. The lowest BCUT2D eigenvalue weighted by Crippen LogP contribution is -2.42. The summed E-state index contributed by atoms with van der Waals surface area (Å²) in [4.78, 5) is 11.3. The van der Waals surface area contributed by atoms with Gasteiger partial charge in [-0.1, -0.05) is 48.0 Å². The van der Waals surface area contributed by atoms with Gasteiger partial charge in [-0.25, -0.2) is 8.42 Å². The average molecular weight is 340 g/mol. The number of carbonyl (C=O) groups is 1. The molecule has 2 aromatic carbocycles. The predicted molar refractivity (Wildman–Crippen MR) is 83.3 cm³/mol. The molecule has 0 aromatic heterocycles. The Labute approximate surface area is 133 Å². The highest BCUT2D eigenvalue weighted by Gasteiger charge is 2.25. The Bertz CT molecular complexity index is 762. The summed E-state index contributed by atoms with van der Waals surface area (Å²) in [6, 6.07) is 13.2. The van der Waals surface area contributed by atoms with E-state index >= 15 is 0 Å². The summed E-state index contributed by atoms with van der Waals surface area (Å²) >= 11 is 5.77. The van der Waals surface area contributed by atoms with Crippen molar-refractivity contribution in [2.24, 2.45) is 0 Å². The second-order valence-electron chi connectivity index (χ2n) is 4.66. The van der Waals surface area contributed by atoms with E-state index in [1.165, 1.54) is 18.2 Å². The van der Waals surface area contributed by atoms with Gasteiger partial charge >= 0.3 is 5.97 Å². The normalized spacial score (nSPS) is 12.8. The lowest BCUT2D eigenvalue weighted by Gasteiger charge is -2.15. The number of rotatable bonds is 6. The Morgan fingerprint density at radius 1 is 1.14 bits per heavy atom. The van der Waals surface area contributed by atoms with Crippen molar-refractivity contribution in [1.29, 1.82) is 0 Å². The Morgan fingerprint density at radius 2 is 1.82 bits per heavy atom. The van der Waals surface area contributed by atoms with Crippen LogP contribution < -0.4 is 4.72 Å². The van der Waals surface area contributed by atoms with Crippen LogP contribution in [-0.2, 0) is 21.2 Å². The maximum Gasteiger partial charge on any atom is 0.322 e. The number of sulfonamides is 1. The molecule has 1 atom stereocenters. The summed E-state index contributed by atoms with van der Waals surface area (Å²) in [6.45, 7) is 0. The molecule has 5 nitrogen and oxygen atoms in total. The average Bonchev–Trinajstić information content (AvgIpc) is 2.47. The second-order valence-corrected chi connectivity index (χ2v) is 6.81. The molecule has 2 N–H and O–H groups in total. The molecule has 0 heterocycles. The van der Waals surface area contributed by atoms with Crippen molar-refractivity contribution in [2.45, 2.75) is 17.4 Å². The maximum atomic E-state index is 12.3. The third kappa shape index (κ3) is 4.30.